The van der Waals surface area contributed by atoms with Crippen LogP contribution in [0.4, 0.5) is 26.3 Å². The molecule has 1 aliphatic heterocycles. The Kier molecular flexibility index (Phi) is 10.0. The van der Waals surface area contributed by atoms with Crippen molar-refractivity contribution < 1.29 is 35.9 Å². The first-order chi connectivity index (χ1) is 18.2. The van der Waals surface area contributed by atoms with Crippen molar-refractivity contribution in [3.63, 3.8) is 0 Å². The largest absolute Gasteiger partial charge is 0.416 e. The fraction of sp³-hybridized carbons (Fsp3) is 0.481. The van der Waals surface area contributed by atoms with Gasteiger partial charge in [-0.05, 0) is 57.1 Å². The summed E-state index contributed by atoms with van der Waals surface area (Å²) in [5.74, 6) is -1.09. The van der Waals surface area contributed by atoms with Crippen molar-refractivity contribution in [2.45, 2.75) is 43.7 Å². The molecule has 0 bridgehead atoms. The van der Waals surface area contributed by atoms with E-state index in [0.717, 1.165) is 5.56 Å². The lowest BCUT2D eigenvalue weighted by Gasteiger charge is -2.40. The summed E-state index contributed by atoms with van der Waals surface area (Å²) in [5.41, 5.74) is -2.86. The van der Waals surface area contributed by atoms with Crippen molar-refractivity contribution in [1.29, 1.82) is 0 Å². The first-order valence-corrected chi connectivity index (χ1v) is 12.5. The first kappa shape index (κ1) is 30.4. The molecule has 2 N–H and O–H groups in total. The summed E-state index contributed by atoms with van der Waals surface area (Å²) in [4.78, 5) is 28.9. The molecule has 2 unspecified atom stereocenters. The van der Waals surface area contributed by atoms with Crippen molar-refractivity contribution in [3.8, 4) is 0 Å². The standard InChI is InChI=1S/C27H32F6N4O2/c1-36(2)11-9-34-24(38)17-35-22-8-10-37(23(16-22)12-18-6-4-3-5-7-18)25(39)19-13-20(26(28,29)30)15-21(14-19)27(31,32)33/h3-7,13-15,22-23,35H,8-12,16-17H2,1-2H3,(H,34,38). The molecule has 2 aromatic rings. The van der Waals surface area contributed by atoms with Gasteiger partial charge in [0.25, 0.3) is 5.91 Å². The second-order valence-corrected chi connectivity index (χ2v) is 9.89. The maximum Gasteiger partial charge on any atom is 0.416 e. The smallest absolute Gasteiger partial charge is 0.354 e. The molecule has 1 aliphatic rings. The summed E-state index contributed by atoms with van der Waals surface area (Å²) in [6, 6.07) is 9.38. The van der Waals surface area contributed by atoms with Crippen LogP contribution < -0.4 is 10.6 Å². The van der Waals surface area contributed by atoms with E-state index in [-0.39, 0.29) is 31.1 Å². The fourth-order valence-electron chi connectivity index (χ4n) is 4.55. The van der Waals surface area contributed by atoms with E-state index in [2.05, 4.69) is 10.6 Å². The summed E-state index contributed by atoms with van der Waals surface area (Å²) in [6.45, 7) is 1.31. The highest BCUT2D eigenvalue weighted by molar-refractivity contribution is 5.95. The molecule has 12 heteroatoms. The molecule has 0 aromatic heterocycles. The average molecular weight is 559 g/mol. The topological polar surface area (TPSA) is 64.7 Å². The second kappa shape index (κ2) is 12.8. The first-order valence-electron chi connectivity index (χ1n) is 12.5. The number of likely N-dealkylation sites (N-methyl/N-ethyl adjacent to an activating group) is 1. The van der Waals surface area contributed by atoms with Crippen LogP contribution in [0.25, 0.3) is 0 Å². The minimum Gasteiger partial charge on any atom is -0.354 e. The SMILES string of the molecule is CN(C)CCNC(=O)CNC1CCN(C(=O)c2cc(C(F)(F)F)cc(C(F)(F)F)c2)C(Cc2ccccc2)C1. The van der Waals surface area contributed by atoms with Gasteiger partial charge >= 0.3 is 12.4 Å². The number of likely N-dealkylation sites (tertiary alicyclic amines) is 1. The monoisotopic (exact) mass is 558 g/mol. The third-order valence-corrected chi connectivity index (χ3v) is 6.56. The highest BCUT2D eigenvalue weighted by Crippen LogP contribution is 2.37. The maximum atomic E-state index is 13.4. The van der Waals surface area contributed by atoms with E-state index in [4.69, 9.17) is 0 Å². The van der Waals surface area contributed by atoms with Gasteiger partial charge in [0.1, 0.15) is 0 Å². The number of nitrogens with one attached hydrogen (secondary N) is 2. The van der Waals surface area contributed by atoms with E-state index in [0.29, 0.717) is 44.5 Å². The van der Waals surface area contributed by atoms with Crippen molar-refractivity contribution in [2.75, 3.05) is 40.3 Å². The molecule has 2 aromatic carbocycles. The van der Waals surface area contributed by atoms with Crippen LogP contribution in [0.15, 0.2) is 48.5 Å². The Labute approximate surface area is 223 Å². The lowest BCUT2D eigenvalue weighted by Crippen LogP contribution is -2.53. The molecule has 1 heterocycles. The molecule has 1 fully saturated rings. The molecule has 2 atom stereocenters. The zero-order chi connectivity index (χ0) is 28.8. The molecule has 0 saturated carbocycles. The van der Waals surface area contributed by atoms with E-state index in [1.54, 1.807) is 12.1 Å². The van der Waals surface area contributed by atoms with Crippen LogP contribution in [0.1, 0.15) is 39.9 Å². The number of amides is 2. The van der Waals surface area contributed by atoms with Gasteiger partial charge in [-0.25, -0.2) is 0 Å². The normalized spacial score (nSPS) is 18.3. The minimum absolute atomic E-state index is 0.0119. The zero-order valence-electron chi connectivity index (χ0n) is 21.7. The fourth-order valence-corrected chi connectivity index (χ4v) is 4.55. The summed E-state index contributed by atoms with van der Waals surface area (Å²) in [6.07, 6.45) is -9.00. The van der Waals surface area contributed by atoms with E-state index >= 15 is 0 Å². The van der Waals surface area contributed by atoms with Crippen LogP contribution in [-0.4, -0.2) is 74.0 Å². The van der Waals surface area contributed by atoms with Crippen LogP contribution in [0.5, 0.6) is 0 Å². The van der Waals surface area contributed by atoms with Gasteiger partial charge < -0.3 is 20.4 Å². The number of hydrogen-bond acceptors (Lipinski definition) is 4. The molecule has 1 saturated heterocycles. The van der Waals surface area contributed by atoms with Crippen LogP contribution >= 0.6 is 0 Å². The van der Waals surface area contributed by atoms with Gasteiger partial charge in [-0.2, -0.15) is 26.3 Å². The van der Waals surface area contributed by atoms with Gasteiger partial charge in [0.15, 0.2) is 0 Å². The van der Waals surface area contributed by atoms with Gasteiger partial charge in [0.2, 0.25) is 5.91 Å². The molecule has 0 aliphatic carbocycles. The van der Waals surface area contributed by atoms with Gasteiger partial charge in [0, 0.05) is 37.3 Å². The number of carbonyl (C=O) groups excluding carboxylic acids is 2. The number of hydrogen-bond donors (Lipinski definition) is 2. The van der Waals surface area contributed by atoms with Crippen molar-refractivity contribution in [1.82, 2.24) is 20.4 Å². The minimum atomic E-state index is -5.05. The lowest BCUT2D eigenvalue weighted by atomic mass is 9.91. The highest BCUT2D eigenvalue weighted by atomic mass is 19.4. The summed E-state index contributed by atoms with van der Waals surface area (Å²) in [7, 11) is 3.77. The van der Waals surface area contributed by atoms with E-state index in [9.17, 15) is 35.9 Å². The van der Waals surface area contributed by atoms with Crippen molar-refractivity contribution >= 4 is 11.8 Å². The van der Waals surface area contributed by atoms with Crippen LogP contribution in [0, 0.1) is 0 Å². The van der Waals surface area contributed by atoms with Crippen molar-refractivity contribution in [2.24, 2.45) is 0 Å². The van der Waals surface area contributed by atoms with Crippen LogP contribution in [-0.2, 0) is 23.6 Å². The number of carbonyl (C=O) groups is 2. The highest BCUT2D eigenvalue weighted by Gasteiger charge is 2.39. The number of alkyl halides is 6. The van der Waals surface area contributed by atoms with Gasteiger partial charge in [-0.15, -0.1) is 0 Å². The number of rotatable bonds is 9. The lowest BCUT2D eigenvalue weighted by molar-refractivity contribution is -0.143. The molecule has 3 rings (SSSR count). The van der Waals surface area contributed by atoms with E-state index in [1.807, 2.05) is 37.2 Å². The maximum absolute atomic E-state index is 13.4. The second-order valence-electron chi connectivity index (χ2n) is 9.89. The number of piperidine rings is 1. The predicted molar refractivity (Wildman–Crippen MR) is 134 cm³/mol. The number of nitrogens with zero attached hydrogens (tertiary/aromatic N) is 2. The predicted octanol–water partition coefficient (Wildman–Crippen LogP) is 4.21. The Morgan fingerprint density at radius 3 is 2.15 bits per heavy atom. The Hall–Kier alpha value is -3.12. The third-order valence-electron chi connectivity index (χ3n) is 6.56. The van der Waals surface area contributed by atoms with Crippen molar-refractivity contribution in [3.05, 3.63) is 70.8 Å². The summed E-state index contributed by atoms with van der Waals surface area (Å²) >= 11 is 0. The third kappa shape index (κ3) is 8.96. The molecule has 0 spiro atoms. The Morgan fingerprint density at radius 1 is 0.974 bits per heavy atom. The molecule has 6 nitrogen and oxygen atoms in total. The Morgan fingerprint density at radius 2 is 1.59 bits per heavy atom. The summed E-state index contributed by atoms with van der Waals surface area (Å²) < 4.78 is 80.3. The molecule has 214 valence electrons. The van der Waals surface area contributed by atoms with Gasteiger partial charge in [-0.1, -0.05) is 30.3 Å². The molecule has 2 amide bonds. The summed E-state index contributed by atoms with van der Waals surface area (Å²) in [5, 5.41) is 5.97. The Balaban J connectivity index is 1.80. The molecular formula is C27H32F6N4O2. The molecule has 39 heavy (non-hydrogen) atoms. The van der Waals surface area contributed by atoms with Crippen LogP contribution in [0.2, 0.25) is 0 Å². The van der Waals surface area contributed by atoms with E-state index < -0.39 is 41.0 Å². The number of benzene rings is 2. The Bertz CT molecular complexity index is 1090. The van der Waals surface area contributed by atoms with Crippen LogP contribution in [0.3, 0.4) is 0 Å². The molecule has 0 radical (unpaired) electrons. The van der Waals surface area contributed by atoms with Gasteiger partial charge in [-0.3, -0.25) is 9.59 Å². The zero-order valence-corrected chi connectivity index (χ0v) is 21.7. The average Bonchev–Trinajstić information content (AvgIpc) is 2.86. The van der Waals surface area contributed by atoms with E-state index in [1.165, 1.54) is 4.90 Å². The number of halogens is 6. The van der Waals surface area contributed by atoms with Gasteiger partial charge in [0.05, 0.1) is 17.7 Å². The quantitative estimate of drug-likeness (QED) is 0.453. The molecular weight excluding hydrogens is 526 g/mol.